The standard InChI is InChI=1S/C33H41N3O4/c1-19(2)39-32(37)30(40-33(4,5)6)27-20(3)36-31(34)29(24-9-10-25-18-35-14-13-21(25)16-24)28(27)23-11-12-26-22(17-23)8-7-15-38-26/h9-12,16-17,19,30,35H,7-8,13-15,18H2,1-6H3,(H2,34,36)/t30-/m0/s1. The molecular weight excluding hydrogens is 502 g/mol. The number of benzene rings is 2. The number of nitrogen functional groups attached to an aromatic ring is 1. The number of nitrogens with one attached hydrogen (secondary N) is 1. The van der Waals surface area contributed by atoms with Crippen molar-refractivity contribution in [2.75, 3.05) is 18.9 Å². The molecule has 0 unspecified atom stereocenters. The van der Waals surface area contributed by atoms with Crippen LogP contribution < -0.4 is 15.8 Å². The second kappa shape index (κ2) is 11.2. The lowest BCUT2D eigenvalue weighted by Crippen LogP contribution is -2.31. The van der Waals surface area contributed by atoms with Crippen molar-refractivity contribution in [2.45, 2.75) is 85.2 Å². The van der Waals surface area contributed by atoms with Crippen molar-refractivity contribution in [1.82, 2.24) is 10.3 Å². The number of anilines is 1. The van der Waals surface area contributed by atoms with Crippen molar-refractivity contribution in [2.24, 2.45) is 0 Å². The Morgan fingerprint density at radius 3 is 2.50 bits per heavy atom. The highest BCUT2D eigenvalue weighted by molar-refractivity contribution is 5.95. The third kappa shape index (κ3) is 5.86. The molecule has 7 nitrogen and oxygen atoms in total. The van der Waals surface area contributed by atoms with E-state index in [2.05, 4.69) is 35.6 Å². The molecule has 212 valence electrons. The summed E-state index contributed by atoms with van der Waals surface area (Å²) in [6.07, 6.45) is 1.55. The van der Waals surface area contributed by atoms with Crippen LogP contribution in [0.4, 0.5) is 5.82 Å². The number of aryl methyl sites for hydroxylation is 2. The number of carbonyl (C=O) groups is 1. The highest BCUT2D eigenvalue weighted by Crippen LogP contribution is 2.45. The van der Waals surface area contributed by atoms with Crippen LogP contribution in [0.25, 0.3) is 22.3 Å². The highest BCUT2D eigenvalue weighted by atomic mass is 16.6. The summed E-state index contributed by atoms with van der Waals surface area (Å²) >= 11 is 0. The molecule has 2 aliphatic heterocycles. The molecule has 7 heteroatoms. The summed E-state index contributed by atoms with van der Waals surface area (Å²) in [6.45, 7) is 13.9. The molecule has 3 heterocycles. The van der Waals surface area contributed by atoms with E-state index in [1.54, 1.807) is 0 Å². The van der Waals surface area contributed by atoms with Crippen molar-refractivity contribution in [3.63, 3.8) is 0 Å². The summed E-state index contributed by atoms with van der Waals surface area (Å²) < 4.78 is 18.1. The van der Waals surface area contributed by atoms with Gasteiger partial charge >= 0.3 is 5.97 Å². The Bertz CT molecular complexity index is 1420. The number of hydrogen-bond donors (Lipinski definition) is 2. The van der Waals surface area contributed by atoms with E-state index in [4.69, 9.17) is 24.9 Å². The normalized spacial score (nSPS) is 15.7. The van der Waals surface area contributed by atoms with Crippen LogP contribution in [0.3, 0.4) is 0 Å². The van der Waals surface area contributed by atoms with Gasteiger partial charge < -0.3 is 25.3 Å². The first-order chi connectivity index (χ1) is 19.0. The lowest BCUT2D eigenvalue weighted by molar-refractivity contribution is -0.171. The van der Waals surface area contributed by atoms with Crippen molar-refractivity contribution in [3.8, 4) is 28.0 Å². The topological polar surface area (TPSA) is 95.7 Å². The van der Waals surface area contributed by atoms with Gasteiger partial charge in [0, 0.05) is 28.9 Å². The molecule has 3 aromatic rings. The number of fused-ring (bicyclic) bond motifs is 2. The highest BCUT2D eigenvalue weighted by Gasteiger charge is 2.35. The van der Waals surface area contributed by atoms with Crippen LogP contribution in [-0.2, 0) is 33.7 Å². The third-order valence-corrected chi connectivity index (χ3v) is 7.33. The molecule has 0 saturated carbocycles. The van der Waals surface area contributed by atoms with Crippen LogP contribution in [0.1, 0.15) is 75.1 Å². The summed E-state index contributed by atoms with van der Waals surface area (Å²) in [4.78, 5) is 18.5. The molecule has 0 spiro atoms. The predicted molar refractivity (Wildman–Crippen MR) is 158 cm³/mol. The second-order valence-corrected chi connectivity index (χ2v) is 12.0. The molecule has 1 aromatic heterocycles. The molecule has 3 N–H and O–H groups in total. The first-order valence-electron chi connectivity index (χ1n) is 14.3. The van der Waals surface area contributed by atoms with Crippen LogP contribution in [0.15, 0.2) is 36.4 Å². The first kappa shape index (κ1) is 28.1. The SMILES string of the molecule is Cc1nc(N)c(-c2ccc3c(c2)CCNC3)c(-c2ccc3c(c2)CCCO3)c1[C@H](OC(C)(C)C)C(=O)OC(C)C. The quantitative estimate of drug-likeness (QED) is 0.364. The largest absolute Gasteiger partial charge is 0.493 e. The van der Waals surface area contributed by atoms with E-state index in [9.17, 15) is 4.79 Å². The zero-order chi connectivity index (χ0) is 28.6. The van der Waals surface area contributed by atoms with Crippen LogP contribution in [0.5, 0.6) is 5.75 Å². The monoisotopic (exact) mass is 543 g/mol. The Hall–Kier alpha value is -3.42. The molecular formula is C33H41N3O4. The molecule has 0 amide bonds. The van der Waals surface area contributed by atoms with E-state index in [0.29, 0.717) is 17.1 Å². The summed E-state index contributed by atoms with van der Waals surface area (Å²) in [6, 6.07) is 12.7. The summed E-state index contributed by atoms with van der Waals surface area (Å²) in [5.41, 5.74) is 14.8. The molecule has 2 aliphatic rings. The molecule has 5 rings (SSSR count). The summed E-state index contributed by atoms with van der Waals surface area (Å²) in [5, 5.41) is 3.44. The molecule has 0 radical (unpaired) electrons. The summed E-state index contributed by atoms with van der Waals surface area (Å²) in [7, 11) is 0. The maximum atomic E-state index is 13.7. The fourth-order valence-corrected chi connectivity index (χ4v) is 5.67. The van der Waals surface area contributed by atoms with E-state index in [1.807, 2.05) is 47.6 Å². The molecule has 0 saturated heterocycles. The second-order valence-electron chi connectivity index (χ2n) is 12.0. The average Bonchev–Trinajstić information content (AvgIpc) is 2.90. The van der Waals surface area contributed by atoms with Crippen molar-refractivity contribution in [1.29, 1.82) is 0 Å². The number of aromatic nitrogens is 1. The van der Waals surface area contributed by atoms with Gasteiger partial charge in [0.25, 0.3) is 0 Å². The van der Waals surface area contributed by atoms with E-state index >= 15 is 0 Å². The van der Waals surface area contributed by atoms with Gasteiger partial charge in [-0.1, -0.05) is 24.3 Å². The van der Waals surface area contributed by atoms with Gasteiger partial charge in [0.1, 0.15) is 11.6 Å². The maximum Gasteiger partial charge on any atom is 0.340 e. The maximum absolute atomic E-state index is 13.7. The van der Waals surface area contributed by atoms with E-state index in [1.165, 1.54) is 11.1 Å². The number of pyridine rings is 1. The van der Waals surface area contributed by atoms with E-state index in [-0.39, 0.29) is 6.10 Å². The molecule has 0 fully saturated rings. The lowest BCUT2D eigenvalue weighted by Gasteiger charge is -2.31. The van der Waals surface area contributed by atoms with Crippen LogP contribution in [-0.4, -0.2) is 35.8 Å². The number of rotatable bonds is 6. The minimum absolute atomic E-state index is 0.293. The minimum atomic E-state index is -0.988. The molecule has 0 bridgehead atoms. The first-order valence-corrected chi connectivity index (χ1v) is 14.3. The van der Waals surface area contributed by atoms with Gasteiger partial charge in [0.05, 0.1) is 18.3 Å². The van der Waals surface area contributed by atoms with Crippen LogP contribution in [0, 0.1) is 6.92 Å². The number of nitrogens with zero attached hydrogens (tertiary/aromatic N) is 1. The third-order valence-electron chi connectivity index (χ3n) is 7.33. The average molecular weight is 544 g/mol. The van der Waals surface area contributed by atoms with Crippen LogP contribution >= 0.6 is 0 Å². The van der Waals surface area contributed by atoms with Gasteiger partial charge in [-0.3, -0.25) is 0 Å². The number of nitrogens with two attached hydrogens (primary N) is 1. The Morgan fingerprint density at radius 1 is 1.02 bits per heavy atom. The predicted octanol–water partition coefficient (Wildman–Crippen LogP) is 6.08. The minimum Gasteiger partial charge on any atom is -0.493 e. The van der Waals surface area contributed by atoms with Crippen molar-refractivity contribution in [3.05, 3.63) is 64.3 Å². The number of esters is 1. The van der Waals surface area contributed by atoms with Gasteiger partial charge in [-0.25, -0.2) is 9.78 Å². The van der Waals surface area contributed by atoms with E-state index in [0.717, 1.165) is 72.5 Å². The molecule has 2 aromatic carbocycles. The van der Waals surface area contributed by atoms with Gasteiger partial charge in [-0.2, -0.15) is 0 Å². The van der Waals surface area contributed by atoms with Crippen LogP contribution in [0.2, 0.25) is 0 Å². The Morgan fingerprint density at radius 2 is 1.75 bits per heavy atom. The molecule has 1 atom stereocenters. The fraction of sp³-hybridized carbons (Fsp3) is 0.455. The zero-order valence-electron chi connectivity index (χ0n) is 24.5. The smallest absolute Gasteiger partial charge is 0.340 e. The van der Waals surface area contributed by atoms with Gasteiger partial charge in [0.2, 0.25) is 0 Å². The Labute approximate surface area is 237 Å². The van der Waals surface area contributed by atoms with Gasteiger partial charge in [-0.05, 0) is 107 Å². The van der Waals surface area contributed by atoms with E-state index < -0.39 is 17.7 Å². The van der Waals surface area contributed by atoms with Crippen molar-refractivity contribution < 1.29 is 19.0 Å². The van der Waals surface area contributed by atoms with Crippen molar-refractivity contribution >= 4 is 11.8 Å². The summed E-state index contributed by atoms with van der Waals surface area (Å²) in [5.74, 6) is 0.885. The molecule has 40 heavy (non-hydrogen) atoms. The Balaban J connectivity index is 1.80. The zero-order valence-corrected chi connectivity index (χ0v) is 24.5. The van der Waals surface area contributed by atoms with Gasteiger partial charge in [0.15, 0.2) is 6.10 Å². The van der Waals surface area contributed by atoms with Gasteiger partial charge in [-0.15, -0.1) is 0 Å². The fourth-order valence-electron chi connectivity index (χ4n) is 5.67. The Kier molecular flexibility index (Phi) is 7.89. The number of carbonyl (C=O) groups excluding carboxylic acids is 1. The lowest BCUT2D eigenvalue weighted by atomic mass is 9.85. The number of ether oxygens (including phenoxy) is 3. The number of hydrogen-bond acceptors (Lipinski definition) is 7. The molecule has 0 aliphatic carbocycles.